The summed E-state index contributed by atoms with van der Waals surface area (Å²) in [5.74, 6) is 1.97. The first-order valence-electron chi connectivity index (χ1n) is 4.83. The summed E-state index contributed by atoms with van der Waals surface area (Å²) in [6, 6.07) is 0. The first-order chi connectivity index (χ1) is 5.90. The summed E-state index contributed by atoms with van der Waals surface area (Å²) in [5, 5.41) is 0. The second kappa shape index (κ2) is 2.44. The summed E-state index contributed by atoms with van der Waals surface area (Å²) < 4.78 is 11.3. The zero-order valence-electron chi connectivity index (χ0n) is 7.11. The van der Waals surface area contributed by atoms with Crippen LogP contribution in [-0.2, 0) is 9.47 Å². The summed E-state index contributed by atoms with van der Waals surface area (Å²) in [4.78, 5) is 0. The van der Waals surface area contributed by atoms with Crippen LogP contribution in [0.25, 0.3) is 0 Å². The van der Waals surface area contributed by atoms with E-state index in [9.17, 15) is 0 Å². The molecule has 0 aromatic rings. The summed E-state index contributed by atoms with van der Waals surface area (Å²) in [6.07, 6.45) is 2.06. The minimum atomic E-state index is 0.424. The maximum absolute atomic E-state index is 5.88. The van der Waals surface area contributed by atoms with Crippen LogP contribution >= 0.6 is 0 Å². The van der Waals surface area contributed by atoms with Crippen molar-refractivity contribution in [2.24, 2.45) is 23.5 Å². The normalized spacial score (nSPS) is 56.2. The van der Waals surface area contributed by atoms with Crippen LogP contribution in [0.3, 0.4) is 0 Å². The van der Waals surface area contributed by atoms with Crippen LogP contribution < -0.4 is 5.73 Å². The number of hydrogen-bond donors (Lipinski definition) is 1. The van der Waals surface area contributed by atoms with Crippen LogP contribution in [-0.4, -0.2) is 32.0 Å². The van der Waals surface area contributed by atoms with Gasteiger partial charge >= 0.3 is 0 Å². The second-order valence-electron chi connectivity index (χ2n) is 4.24. The van der Waals surface area contributed by atoms with Gasteiger partial charge in [0.15, 0.2) is 0 Å². The Balaban J connectivity index is 1.83. The molecule has 0 saturated carbocycles. The lowest BCUT2D eigenvalue weighted by atomic mass is 9.76. The summed E-state index contributed by atoms with van der Waals surface area (Å²) >= 11 is 0. The third kappa shape index (κ3) is 0.767. The molecule has 12 heavy (non-hydrogen) atoms. The fourth-order valence-corrected chi connectivity index (χ4v) is 3.07. The van der Waals surface area contributed by atoms with Crippen LogP contribution in [0.1, 0.15) is 6.42 Å². The first-order valence-corrected chi connectivity index (χ1v) is 4.83. The molecule has 3 rings (SSSR count). The number of ether oxygens (including phenoxy) is 2. The molecule has 3 nitrogen and oxygen atoms in total. The monoisotopic (exact) mass is 169 g/mol. The van der Waals surface area contributed by atoms with E-state index in [4.69, 9.17) is 15.2 Å². The van der Waals surface area contributed by atoms with Crippen molar-refractivity contribution >= 4 is 0 Å². The standard InChI is InChI=1S/C9H15NO2/c10-2-5-1-8-6-3-11-4-7(6)9(5)12-8/h5-9H,1-4,10H2. The van der Waals surface area contributed by atoms with Gasteiger partial charge in [-0.3, -0.25) is 0 Å². The fourth-order valence-electron chi connectivity index (χ4n) is 3.07. The van der Waals surface area contributed by atoms with Crippen molar-refractivity contribution in [3.05, 3.63) is 0 Å². The third-order valence-corrected chi connectivity index (χ3v) is 3.70. The predicted molar refractivity (Wildman–Crippen MR) is 43.6 cm³/mol. The topological polar surface area (TPSA) is 44.5 Å². The highest BCUT2D eigenvalue weighted by Gasteiger charge is 2.55. The van der Waals surface area contributed by atoms with Gasteiger partial charge in [0.05, 0.1) is 25.4 Å². The first kappa shape index (κ1) is 7.30. The van der Waals surface area contributed by atoms with Crippen molar-refractivity contribution in [1.29, 1.82) is 0 Å². The minimum Gasteiger partial charge on any atom is -0.381 e. The Morgan fingerprint density at radius 2 is 2.08 bits per heavy atom. The van der Waals surface area contributed by atoms with Crippen molar-refractivity contribution in [1.82, 2.24) is 0 Å². The van der Waals surface area contributed by atoms with Gasteiger partial charge < -0.3 is 15.2 Å². The number of fused-ring (bicyclic) bond motifs is 5. The Bertz CT molecular complexity index is 195. The van der Waals surface area contributed by atoms with Gasteiger partial charge in [0.2, 0.25) is 0 Å². The molecule has 0 aromatic carbocycles. The Labute approximate surface area is 72.2 Å². The quantitative estimate of drug-likeness (QED) is 0.600. The molecule has 0 spiro atoms. The van der Waals surface area contributed by atoms with E-state index < -0.39 is 0 Å². The Hall–Kier alpha value is -0.120. The largest absolute Gasteiger partial charge is 0.381 e. The third-order valence-electron chi connectivity index (χ3n) is 3.70. The van der Waals surface area contributed by atoms with Gasteiger partial charge in [0.1, 0.15) is 0 Å². The molecule has 68 valence electrons. The zero-order valence-corrected chi connectivity index (χ0v) is 7.11. The highest BCUT2D eigenvalue weighted by molar-refractivity contribution is 5.02. The van der Waals surface area contributed by atoms with Gasteiger partial charge in [-0.1, -0.05) is 0 Å². The van der Waals surface area contributed by atoms with Crippen molar-refractivity contribution in [3.63, 3.8) is 0 Å². The smallest absolute Gasteiger partial charge is 0.0674 e. The van der Waals surface area contributed by atoms with Crippen LogP contribution in [0.2, 0.25) is 0 Å². The maximum atomic E-state index is 5.88. The van der Waals surface area contributed by atoms with Gasteiger partial charge in [-0.05, 0) is 13.0 Å². The van der Waals surface area contributed by atoms with Crippen LogP contribution in [0.15, 0.2) is 0 Å². The van der Waals surface area contributed by atoms with Gasteiger partial charge in [0, 0.05) is 17.8 Å². The van der Waals surface area contributed by atoms with Crippen molar-refractivity contribution in [3.8, 4) is 0 Å². The molecule has 3 heterocycles. The molecular weight excluding hydrogens is 154 g/mol. The van der Waals surface area contributed by atoms with Crippen molar-refractivity contribution in [2.45, 2.75) is 18.6 Å². The summed E-state index contributed by atoms with van der Waals surface area (Å²) in [6.45, 7) is 2.61. The lowest BCUT2D eigenvalue weighted by molar-refractivity contribution is 0.0380. The van der Waals surface area contributed by atoms with E-state index in [0.717, 1.165) is 19.8 Å². The molecular formula is C9H15NO2. The molecule has 3 saturated heterocycles. The summed E-state index contributed by atoms with van der Waals surface area (Å²) in [7, 11) is 0. The molecule has 5 unspecified atom stereocenters. The zero-order chi connectivity index (χ0) is 8.13. The molecule has 2 bridgehead atoms. The molecule has 5 atom stereocenters. The van der Waals surface area contributed by atoms with Crippen LogP contribution in [0, 0.1) is 17.8 Å². The maximum Gasteiger partial charge on any atom is 0.0674 e. The molecule has 0 radical (unpaired) electrons. The molecule has 0 aromatic heterocycles. The highest BCUT2D eigenvalue weighted by atomic mass is 16.5. The van der Waals surface area contributed by atoms with Gasteiger partial charge in [0.25, 0.3) is 0 Å². The van der Waals surface area contributed by atoms with E-state index in [1.807, 2.05) is 0 Å². The lowest BCUT2D eigenvalue weighted by Gasteiger charge is -2.25. The van der Waals surface area contributed by atoms with E-state index in [-0.39, 0.29) is 0 Å². The second-order valence-corrected chi connectivity index (χ2v) is 4.24. The van der Waals surface area contributed by atoms with Gasteiger partial charge in [-0.25, -0.2) is 0 Å². The average Bonchev–Trinajstić information content (AvgIpc) is 2.75. The van der Waals surface area contributed by atoms with E-state index in [1.54, 1.807) is 0 Å². The minimum absolute atomic E-state index is 0.424. The highest BCUT2D eigenvalue weighted by Crippen LogP contribution is 2.48. The van der Waals surface area contributed by atoms with E-state index >= 15 is 0 Å². The van der Waals surface area contributed by atoms with Crippen molar-refractivity contribution < 1.29 is 9.47 Å². The Morgan fingerprint density at radius 3 is 2.92 bits per heavy atom. The lowest BCUT2D eigenvalue weighted by Crippen LogP contribution is -2.35. The number of nitrogens with two attached hydrogens (primary N) is 1. The molecule has 0 aliphatic carbocycles. The van der Waals surface area contributed by atoms with E-state index in [2.05, 4.69) is 0 Å². The summed E-state index contributed by atoms with van der Waals surface area (Å²) in [5.41, 5.74) is 5.68. The average molecular weight is 169 g/mol. The number of hydrogen-bond acceptors (Lipinski definition) is 3. The van der Waals surface area contributed by atoms with E-state index in [0.29, 0.717) is 30.0 Å². The molecule has 3 heteroatoms. The molecule has 3 fully saturated rings. The van der Waals surface area contributed by atoms with E-state index in [1.165, 1.54) is 6.42 Å². The molecule has 0 amide bonds. The molecule has 3 aliphatic rings. The number of rotatable bonds is 1. The van der Waals surface area contributed by atoms with Crippen LogP contribution in [0.4, 0.5) is 0 Å². The van der Waals surface area contributed by atoms with Crippen molar-refractivity contribution in [2.75, 3.05) is 19.8 Å². The Morgan fingerprint density at radius 1 is 1.25 bits per heavy atom. The van der Waals surface area contributed by atoms with Gasteiger partial charge in [-0.2, -0.15) is 0 Å². The molecule has 3 aliphatic heterocycles. The Kier molecular flexibility index (Phi) is 1.48. The van der Waals surface area contributed by atoms with Crippen LogP contribution in [0.5, 0.6) is 0 Å². The SMILES string of the molecule is NCC1CC2OC1C1COCC21. The predicted octanol–water partition coefficient (Wildman–Crippen LogP) is -0.00500. The van der Waals surface area contributed by atoms with Gasteiger partial charge in [-0.15, -0.1) is 0 Å². The molecule has 2 N–H and O–H groups in total. The fraction of sp³-hybridized carbons (Fsp3) is 1.00.